The fourth-order valence-corrected chi connectivity index (χ4v) is 2.88. The van der Waals surface area contributed by atoms with Gasteiger partial charge in [-0.1, -0.05) is 11.6 Å². The van der Waals surface area contributed by atoms with Crippen LogP contribution < -0.4 is 14.8 Å². The molecule has 154 valence electrons. The minimum absolute atomic E-state index is 0.0579. The van der Waals surface area contributed by atoms with Crippen LogP contribution in [0.25, 0.3) is 0 Å². The van der Waals surface area contributed by atoms with Crippen molar-refractivity contribution in [1.29, 1.82) is 0 Å². The van der Waals surface area contributed by atoms with Crippen LogP contribution in [0.3, 0.4) is 0 Å². The van der Waals surface area contributed by atoms with Crippen molar-refractivity contribution in [2.75, 3.05) is 5.32 Å². The van der Waals surface area contributed by atoms with E-state index in [2.05, 4.69) is 5.32 Å². The lowest BCUT2D eigenvalue weighted by atomic mass is 10.1. The first-order valence-electron chi connectivity index (χ1n) is 8.83. The number of carboxylic acids is 1. The maximum absolute atomic E-state index is 11.4. The van der Waals surface area contributed by atoms with Gasteiger partial charge in [-0.2, -0.15) is 0 Å². The summed E-state index contributed by atoms with van der Waals surface area (Å²) in [5.74, 6) is -1.09. The number of nitrogens with one attached hydrogen (secondary N) is 1. The number of halogens is 1. The van der Waals surface area contributed by atoms with E-state index in [1.54, 1.807) is 62.4 Å². The largest absolute Gasteiger partial charge is 0.504 e. The van der Waals surface area contributed by atoms with Gasteiger partial charge in [-0.25, -0.2) is 4.79 Å². The molecule has 3 rings (SSSR count). The van der Waals surface area contributed by atoms with Gasteiger partial charge in [-0.15, -0.1) is 0 Å². The molecule has 0 unspecified atom stereocenters. The van der Waals surface area contributed by atoms with Crippen LogP contribution in [0.5, 0.6) is 28.7 Å². The van der Waals surface area contributed by atoms with E-state index in [1.165, 1.54) is 6.07 Å². The molecule has 3 aromatic carbocycles. The average Bonchev–Trinajstić information content (AvgIpc) is 2.68. The molecule has 0 bridgehead atoms. The third kappa shape index (κ3) is 5.01. The summed E-state index contributed by atoms with van der Waals surface area (Å²) < 4.78 is 11.7. The normalized spacial score (nSPS) is 10.4. The number of hydrogen-bond donors (Lipinski definition) is 3. The number of aliphatic carboxylic acids is 1. The molecule has 0 aromatic heterocycles. The molecule has 0 atom stereocenters. The first-order valence-corrected chi connectivity index (χ1v) is 9.20. The SMILES string of the molecule is Cc1cc(NC(=O)C(=O)O)cc(C)c1Oc1ccc(O)c(Oc2ccc(Cl)cc2)c1. The van der Waals surface area contributed by atoms with Crippen LogP contribution in [0.15, 0.2) is 54.6 Å². The van der Waals surface area contributed by atoms with Gasteiger partial charge in [-0.3, -0.25) is 4.79 Å². The van der Waals surface area contributed by atoms with Gasteiger partial charge in [0.05, 0.1) is 0 Å². The van der Waals surface area contributed by atoms with Gasteiger partial charge < -0.3 is 25.0 Å². The van der Waals surface area contributed by atoms with E-state index < -0.39 is 11.9 Å². The molecule has 3 N–H and O–H groups in total. The van der Waals surface area contributed by atoms with Crippen molar-refractivity contribution in [3.63, 3.8) is 0 Å². The number of phenols is 1. The molecule has 0 heterocycles. The number of carbonyl (C=O) groups excluding carboxylic acids is 1. The Kier molecular flexibility index (Phi) is 6.13. The number of phenolic OH excluding ortho intramolecular Hbond substituents is 1. The Hall–Kier alpha value is -3.71. The van der Waals surface area contributed by atoms with Gasteiger partial charge in [0, 0.05) is 16.8 Å². The smallest absolute Gasteiger partial charge is 0.394 e. The van der Waals surface area contributed by atoms with Crippen LogP contribution in [-0.4, -0.2) is 22.1 Å². The zero-order valence-electron chi connectivity index (χ0n) is 16.1. The highest BCUT2D eigenvalue weighted by atomic mass is 35.5. The fourth-order valence-electron chi connectivity index (χ4n) is 2.76. The standard InChI is InChI=1S/C22H18ClNO6/c1-12-9-15(24-21(26)22(27)28)10-13(2)20(12)30-17-7-8-18(25)19(11-17)29-16-5-3-14(23)4-6-16/h3-11,25H,1-2H3,(H,24,26)(H,27,28). The van der Waals surface area contributed by atoms with E-state index in [0.29, 0.717) is 39.1 Å². The van der Waals surface area contributed by atoms with Crippen molar-refractivity contribution < 1.29 is 29.3 Å². The number of anilines is 1. The summed E-state index contributed by atoms with van der Waals surface area (Å²) >= 11 is 5.87. The van der Waals surface area contributed by atoms with Crippen LogP contribution >= 0.6 is 11.6 Å². The minimum Gasteiger partial charge on any atom is -0.504 e. The molecular weight excluding hydrogens is 410 g/mol. The summed E-state index contributed by atoms with van der Waals surface area (Å²) in [4.78, 5) is 22.1. The number of amides is 1. The van der Waals surface area contributed by atoms with Gasteiger partial charge in [0.2, 0.25) is 0 Å². The Labute approximate surface area is 177 Å². The van der Waals surface area contributed by atoms with Crippen LogP contribution in [0.2, 0.25) is 5.02 Å². The van der Waals surface area contributed by atoms with E-state index in [-0.39, 0.29) is 11.5 Å². The lowest BCUT2D eigenvalue weighted by molar-refractivity contribution is -0.147. The zero-order chi connectivity index (χ0) is 21.8. The molecule has 7 nitrogen and oxygen atoms in total. The Morgan fingerprint density at radius 3 is 2.10 bits per heavy atom. The Morgan fingerprint density at radius 2 is 1.50 bits per heavy atom. The highest BCUT2D eigenvalue weighted by molar-refractivity contribution is 6.36. The number of carbonyl (C=O) groups is 2. The van der Waals surface area contributed by atoms with E-state index in [1.807, 2.05) is 0 Å². The summed E-state index contributed by atoms with van der Waals surface area (Å²) in [6, 6.07) is 14.5. The van der Waals surface area contributed by atoms with Crippen molar-refractivity contribution in [2.24, 2.45) is 0 Å². The second-order valence-electron chi connectivity index (χ2n) is 6.49. The second-order valence-corrected chi connectivity index (χ2v) is 6.92. The summed E-state index contributed by atoms with van der Waals surface area (Å²) in [5, 5.41) is 21.7. The van der Waals surface area contributed by atoms with Crippen molar-refractivity contribution in [3.8, 4) is 28.7 Å². The molecular formula is C22H18ClNO6. The summed E-state index contributed by atoms with van der Waals surface area (Å²) in [6.45, 7) is 3.54. The molecule has 0 aliphatic carbocycles. The van der Waals surface area contributed by atoms with Gasteiger partial charge in [0.25, 0.3) is 0 Å². The summed E-state index contributed by atoms with van der Waals surface area (Å²) in [6.07, 6.45) is 0. The number of rotatable bonds is 5. The fraction of sp³-hybridized carbons (Fsp3) is 0.0909. The van der Waals surface area contributed by atoms with Crippen LogP contribution in [0.1, 0.15) is 11.1 Å². The molecule has 8 heteroatoms. The van der Waals surface area contributed by atoms with E-state index in [4.69, 9.17) is 26.2 Å². The number of ether oxygens (including phenoxy) is 2. The topological polar surface area (TPSA) is 105 Å². The lowest BCUT2D eigenvalue weighted by Crippen LogP contribution is -2.21. The molecule has 0 spiro atoms. The maximum atomic E-state index is 11.4. The molecule has 0 saturated carbocycles. The van der Waals surface area contributed by atoms with Gasteiger partial charge in [0.15, 0.2) is 11.5 Å². The van der Waals surface area contributed by atoms with Gasteiger partial charge in [-0.05, 0) is 73.5 Å². The van der Waals surface area contributed by atoms with Crippen LogP contribution in [0, 0.1) is 13.8 Å². The predicted molar refractivity (Wildman–Crippen MR) is 112 cm³/mol. The Bertz CT molecular complexity index is 1090. The monoisotopic (exact) mass is 427 g/mol. The third-order valence-corrected chi connectivity index (χ3v) is 4.36. The second kappa shape index (κ2) is 8.75. The predicted octanol–water partition coefficient (Wildman–Crippen LogP) is 5.27. The van der Waals surface area contributed by atoms with E-state index in [9.17, 15) is 14.7 Å². The van der Waals surface area contributed by atoms with Crippen LogP contribution in [0.4, 0.5) is 5.69 Å². The van der Waals surface area contributed by atoms with Crippen molar-refractivity contribution in [2.45, 2.75) is 13.8 Å². The first-order chi connectivity index (χ1) is 14.2. The maximum Gasteiger partial charge on any atom is 0.394 e. The minimum atomic E-state index is -1.57. The quantitative estimate of drug-likeness (QED) is 0.479. The first kappa shape index (κ1) is 21.0. The van der Waals surface area contributed by atoms with Crippen molar-refractivity contribution in [1.82, 2.24) is 0 Å². The lowest BCUT2D eigenvalue weighted by Gasteiger charge is -2.15. The molecule has 30 heavy (non-hydrogen) atoms. The zero-order valence-corrected chi connectivity index (χ0v) is 16.9. The molecule has 0 aliphatic heterocycles. The number of benzene rings is 3. The van der Waals surface area contributed by atoms with Gasteiger partial charge in [0.1, 0.15) is 17.2 Å². The van der Waals surface area contributed by atoms with Crippen molar-refractivity contribution in [3.05, 3.63) is 70.7 Å². The third-order valence-electron chi connectivity index (χ3n) is 4.11. The number of carboxylic acid groups (broad SMARTS) is 1. The Morgan fingerprint density at radius 1 is 0.900 bits per heavy atom. The molecule has 3 aromatic rings. The Balaban J connectivity index is 1.83. The molecule has 0 fully saturated rings. The summed E-state index contributed by atoms with van der Waals surface area (Å²) in [5.41, 5.74) is 1.72. The number of hydrogen-bond acceptors (Lipinski definition) is 5. The van der Waals surface area contributed by atoms with Crippen LogP contribution in [-0.2, 0) is 9.59 Å². The molecule has 0 radical (unpaired) electrons. The average molecular weight is 428 g/mol. The number of aryl methyl sites for hydroxylation is 2. The molecule has 0 saturated heterocycles. The van der Waals surface area contributed by atoms with Crippen molar-refractivity contribution >= 4 is 29.2 Å². The molecule has 1 amide bonds. The highest BCUT2D eigenvalue weighted by Crippen LogP contribution is 2.38. The molecule has 0 aliphatic rings. The van der Waals surface area contributed by atoms with E-state index >= 15 is 0 Å². The highest BCUT2D eigenvalue weighted by Gasteiger charge is 2.15. The van der Waals surface area contributed by atoms with E-state index in [0.717, 1.165) is 0 Å². The summed E-state index contributed by atoms with van der Waals surface area (Å²) in [7, 11) is 0. The number of aromatic hydroxyl groups is 1. The van der Waals surface area contributed by atoms with Gasteiger partial charge >= 0.3 is 11.9 Å².